The third-order valence-corrected chi connectivity index (χ3v) is 11.5. The summed E-state index contributed by atoms with van der Waals surface area (Å²) in [6.07, 6.45) is 0. The van der Waals surface area contributed by atoms with E-state index in [9.17, 15) is 5.26 Å². The van der Waals surface area contributed by atoms with Gasteiger partial charge < -0.3 is 9.32 Å². The molecule has 0 spiro atoms. The third kappa shape index (κ3) is 3.74. The van der Waals surface area contributed by atoms with Crippen molar-refractivity contribution < 1.29 is 4.42 Å². The molecular weight excluding hydrogens is 609 g/mol. The monoisotopic (exact) mass is 642 g/mol. The van der Waals surface area contributed by atoms with Gasteiger partial charge in [0.25, 0.3) is 0 Å². The molecule has 10 rings (SSSR count). The van der Waals surface area contributed by atoms with Gasteiger partial charge in [-0.25, -0.2) is 0 Å². The zero-order chi connectivity index (χ0) is 33.9. The summed E-state index contributed by atoms with van der Waals surface area (Å²) in [5.41, 5.74) is 15.8. The average molecular weight is 643 g/mol. The number of rotatable bonds is 3. The van der Waals surface area contributed by atoms with Crippen LogP contribution >= 0.6 is 0 Å². The highest BCUT2D eigenvalue weighted by Gasteiger charge is 2.42. The van der Waals surface area contributed by atoms with Crippen LogP contribution in [-0.4, -0.2) is 0 Å². The summed E-state index contributed by atoms with van der Waals surface area (Å²) in [5.74, 6) is 0. The molecule has 0 saturated carbocycles. The molecule has 0 radical (unpaired) electrons. The zero-order valence-corrected chi connectivity index (χ0v) is 28.5. The van der Waals surface area contributed by atoms with E-state index < -0.39 is 0 Å². The maximum Gasteiger partial charge on any atom is 0.159 e. The molecule has 0 unspecified atom stereocenters. The van der Waals surface area contributed by atoms with Gasteiger partial charge in [-0.05, 0) is 104 Å². The zero-order valence-electron chi connectivity index (χ0n) is 28.5. The Morgan fingerprint density at radius 1 is 0.520 bits per heavy atom. The van der Waals surface area contributed by atoms with Crippen LogP contribution in [0.5, 0.6) is 0 Å². The van der Waals surface area contributed by atoms with E-state index in [0.717, 1.165) is 44.4 Å². The molecule has 8 aromatic rings. The van der Waals surface area contributed by atoms with E-state index in [0.29, 0.717) is 5.56 Å². The topological polar surface area (TPSA) is 40.2 Å². The number of hydrogen-bond donors (Lipinski definition) is 0. The molecule has 0 fully saturated rings. The van der Waals surface area contributed by atoms with Crippen molar-refractivity contribution in [2.45, 2.75) is 38.5 Å². The normalized spacial score (nSPS) is 14.7. The molecule has 0 amide bonds. The third-order valence-electron chi connectivity index (χ3n) is 11.5. The maximum atomic E-state index is 9.68. The van der Waals surface area contributed by atoms with Crippen molar-refractivity contribution in [2.24, 2.45) is 0 Å². The molecule has 7 aromatic carbocycles. The van der Waals surface area contributed by atoms with E-state index in [4.69, 9.17) is 4.42 Å². The van der Waals surface area contributed by atoms with Crippen molar-refractivity contribution in [2.75, 3.05) is 4.90 Å². The molecule has 3 heteroatoms. The van der Waals surface area contributed by atoms with Crippen LogP contribution in [0.2, 0.25) is 0 Å². The van der Waals surface area contributed by atoms with Crippen molar-refractivity contribution in [3.63, 3.8) is 0 Å². The second-order valence-electron chi connectivity index (χ2n) is 14.8. The van der Waals surface area contributed by atoms with Gasteiger partial charge >= 0.3 is 0 Å². The van der Waals surface area contributed by atoms with Crippen molar-refractivity contribution in [1.29, 1.82) is 5.26 Å². The van der Waals surface area contributed by atoms with Crippen molar-refractivity contribution in [3.05, 3.63) is 161 Å². The largest absolute Gasteiger partial charge is 0.454 e. The first kappa shape index (κ1) is 28.9. The van der Waals surface area contributed by atoms with Gasteiger partial charge in [0, 0.05) is 32.7 Å². The Balaban J connectivity index is 1.27. The predicted octanol–water partition coefficient (Wildman–Crippen LogP) is 12.7. The van der Waals surface area contributed by atoms with Crippen LogP contribution in [0.1, 0.15) is 55.5 Å². The van der Waals surface area contributed by atoms with E-state index in [2.05, 4.69) is 136 Å². The number of para-hydroxylation sites is 2. The lowest BCUT2D eigenvalue weighted by molar-refractivity contribution is 0.652. The molecule has 0 N–H and O–H groups in total. The highest BCUT2D eigenvalue weighted by Crippen LogP contribution is 2.59. The van der Waals surface area contributed by atoms with Gasteiger partial charge in [-0.1, -0.05) is 107 Å². The quantitative estimate of drug-likeness (QED) is 0.193. The van der Waals surface area contributed by atoms with Crippen molar-refractivity contribution in [3.8, 4) is 28.3 Å². The SMILES string of the molecule is CC1(C)c2ccccc2-c2cc3c(cc21)-c1c(cc(N(c2ccc(C#N)cc2)c2cccc4c2oc2ccccc24)c2ccccc12)C3(C)C. The number of nitrogens with zero attached hydrogens (tertiary/aromatic N) is 2. The first-order chi connectivity index (χ1) is 24.3. The molecule has 2 aliphatic rings. The molecule has 1 heterocycles. The van der Waals surface area contributed by atoms with Gasteiger partial charge in [0.15, 0.2) is 5.58 Å². The van der Waals surface area contributed by atoms with Crippen molar-refractivity contribution >= 4 is 49.8 Å². The summed E-state index contributed by atoms with van der Waals surface area (Å²) < 4.78 is 6.65. The number of nitriles is 1. The number of anilines is 3. The molecule has 3 nitrogen and oxygen atoms in total. The summed E-state index contributed by atoms with van der Waals surface area (Å²) in [6.45, 7) is 9.47. The first-order valence-electron chi connectivity index (χ1n) is 17.3. The molecule has 0 saturated heterocycles. The minimum Gasteiger partial charge on any atom is -0.454 e. The Morgan fingerprint density at radius 3 is 1.96 bits per heavy atom. The minimum atomic E-state index is -0.248. The van der Waals surface area contributed by atoms with Gasteiger partial charge in [0.05, 0.1) is 23.0 Å². The molecule has 0 atom stereocenters. The van der Waals surface area contributed by atoms with Crippen LogP contribution in [0, 0.1) is 11.3 Å². The maximum absolute atomic E-state index is 9.68. The second kappa shape index (κ2) is 9.97. The minimum absolute atomic E-state index is 0.0821. The molecule has 2 aliphatic carbocycles. The second-order valence-corrected chi connectivity index (χ2v) is 14.8. The van der Waals surface area contributed by atoms with Gasteiger partial charge in [0.2, 0.25) is 0 Å². The Kier molecular flexibility index (Phi) is 5.75. The smallest absolute Gasteiger partial charge is 0.159 e. The van der Waals surface area contributed by atoms with Gasteiger partial charge in [-0.3, -0.25) is 0 Å². The Hall–Kier alpha value is -6.11. The molecule has 0 aliphatic heterocycles. The molecule has 50 heavy (non-hydrogen) atoms. The van der Waals surface area contributed by atoms with Crippen LogP contribution in [0.25, 0.3) is 55.0 Å². The lowest BCUT2D eigenvalue weighted by Crippen LogP contribution is -2.18. The summed E-state index contributed by atoms with van der Waals surface area (Å²) in [4.78, 5) is 2.33. The average Bonchev–Trinajstić information content (AvgIpc) is 3.71. The van der Waals surface area contributed by atoms with E-state index in [1.54, 1.807) is 0 Å². The molecule has 238 valence electrons. The standard InChI is InChI=1S/C47H34N2O/c1-46(2)37-17-9-7-12-30(37)35-24-39-36(25-38(35)46)44-33-15-6-5-13-31(33)42(26-40(44)47(39,3)4)49(29-22-20-28(27-48)21-23-29)41-18-11-16-34-32-14-8-10-19-43(32)50-45(34)41/h5-26H,1-4H3. The van der Waals surface area contributed by atoms with Crippen LogP contribution in [0.15, 0.2) is 138 Å². The number of fused-ring (bicyclic) bond motifs is 11. The number of hydrogen-bond acceptors (Lipinski definition) is 3. The Labute approximate surface area is 291 Å². The highest BCUT2D eigenvalue weighted by atomic mass is 16.3. The van der Waals surface area contributed by atoms with Gasteiger partial charge in [0.1, 0.15) is 5.58 Å². The summed E-state index contributed by atoms with van der Waals surface area (Å²) in [7, 11) is 0. The van der Waals surface area contributed by atoms with E-state index >= 15 is 0 Å². The lowest BCUT2D eigenvalue weighted by Gasteiger charge is -2.30. The predicted molar refractivity (Wildman–Crippen MR) is 206 cm³/mol. The lowest BCUT2D eigenvalue weighted by atomic mass is 9.79. The molecular formula is C47H34N2O. The summed E-state index contributed by atoms with van der Waals surface area (Å²) >= 11 is 0. The van der Waals surface area contributed by atoms with Crippen LogP contribution in [0.3, 0.4) is 0 Å². The fourth-order valence-corrected chi connectivity index (χ4v) is 8.94. The van der Waals surface area contributed by atoms with Gasteiger partial charge in [-0.2, -0.15) is 5.26 Å². The van der Waals surface area contributed by atoms with Crippen LogP contribution in [-0.2, 0) is 10.8 Å². The fraction of sp³-hybridized carbons (Fsp3) is 0.128. The number of furan rings is 1. The Bertz CT molecular complexity index is 2770. The van der Waals surface area contributed by atoms with Crippen LogP contribution in [0.4, 0.5) is 17.1 Å². The van der Waals surface area contributed by atoms with E-state index in [-0.39, 0.29) is 10.8 Å². The van der Waals surface area contributed by atoms with E-state index in [1.807, 2.05) is 36.4 Å². The summed E-state index contributed by atoms with van der Waals surface area (Å²) in [5, 5.41) is 14.2. The molecule has 1 aromatic heterocycles. The van der Waals surface area contributed by atoms with Gasteiger partial charge in [-0.15, -0.1) is 0 Å². The van der Waals surface area contributed by atoms with Crippen molar-refractivity contribution in [1.82, 2.24) is 0 Å². The van der Waals surface area contributed by atoms with Crippen LogP contribution < -0.4 is 4.90 Å². The fourth-order valence-electron chi connectivity index (χ4n) is 8.94. The Morgan fingerprint density at radius 2 is 1.16 bits per heavy atom. The van der Waals surface area contributed by atoms with E-state index in [1.165, 1.54) is 49.9 Å². The number of benzene rings is 7. The first-order valence-corrected chi connectivity index (χ1v) is 17.3. The summed E-state index contributed by atoms with van der Waals surface area (Å²) in [6, 6.07) is 50.0. The highest BCUT2D eigenvalue weighted by molar-refractivity contribution is 6.14. The molecule has 0 bridgehead atoms.